The first-order chi connectivity index (χ1) is 23.5. The predicted octanol–water partition coefficient (Wildman–Crippen LogP) is 7.39. The maximum Gasteiger partial charge on any atom is 0.442 e. The molecule has 0 amide bonds. The van der Waals surface area contributed by atoms with Gasteiger partial charge in [0, 0.05) is 24.0 Å². The fourth-order valence-electron chi connectivity index (χ4n) is 5.02. The molecule has 0 fully saturated rings. The number of ether oxygens (including phenoxy) is 3. The van der Waals surface area contributed by atoms with Crippen molar-refractivity contribution in [2.24, 2.45) is 10.2 Å². The van der Waals surface area contributed by atoms with Gasteiger partial charge in [0.25, 0.3) is 0 Å². The number of alkyl halides is 3. The Kier molecular flexibility index (Phi) is 12.2. The van der Waals surface area contributed by atoms with E-state index in [9.17, 15) is 18.3 Å². The molecule has 0 radical (unpaired) electrons. The van der Waals surface area contributed by atoms with Gasteiger partial charge >= 0.3 is 11.8 Å². The van der Waals surface area contributed by atoms with Crippen LogP contribution < -0.4 is 9.47 Å². The summed E-state index contributed by atoms with van der Waals surface area (Å²) >= 11 is 0. The first-order valence-electron chi connectivity index (χ1n) is 15.4. The van der Waals surface area contributed by atoms with Crippen LogP contribution in [0.15, 0.2) is 113 Å². The van der Waals surface area contributed by atoms with E-state index in [-0.39, 0.29) is 24.7 Å². The van der Waals surface area contributed by atoms with Crippen LogP contribution in [-0.4, -0.2) is 49.4 Å². The highest BCUT2D eigenvalue weighted by Gasteiger charge is 2.65. The molecule has 0 aromatic heterocycles. The van der Waals surface area contributed by atoms with E-state index in [1.165, 1.54) is 24.3 Å². The molecule has 254 valence electrons. The van der Waals surface area contributed by atoms with Crippen LogP contribution in [0.5, 0.6) is 11.5 Å². The zero-order valence-corrected chi connectivity index (χ0v) is 27.3. The Bertz CT molecular complexity index is 1720. The number of hydrogen-bond donors (Lipinski definition) is 2. The molecule has 7 nitrogen and oxygen atoms in total. The highest BCUT2D eigenvalue weighted by molar-refractivity contribution is 5.50. The predicted molar refractivity (Wildman–Crippen MR) is 180 cm³/mol. The van der Waals surface area contributed by atoms with E-state index >= 15 is 0 Å². The Morgan fingerprint density at radius 2 is 1.27 bits per heavy atom. The zero-order chi connectivity index (χ0) is 35.5. The molecule has 10 heteroatoms. The second-order valence-electron chi connectivity index (χ2n) is 11.2. The molecule has 2 N–H and O–H groups in total. The van der Waals surface area contributed by atoms with Crippen LogP contribution in [0.3, 0.4) is 0 Å². The Morgan fingerprint density at radius 3 is 1.67 bits per heavy atom. The summed E-state index contributed by atoms with van der Waals surface area (Å²) in [5.41, 5.74) is -0.599. The van der Waals surface area contributed by atoms with E-state index in [4.69, 9.17) is 25.7 Å². The van der Waals surface area contributed by atoms with Crippen molar-refractivity contribution in [1.29, 1.82) is 0 Å². The highest BCUT2D eigenvalue weighted by atomic mass is 19.4. The van der Waals surface area contributed by atoms with Crippen LogP contribution in [0.4, 0.5) is 13.2 Å². The van der Waals surface area contributed by atoms with Crippen molar-refractivity contribution in [1.82, 2.24) is 0 Å². The van der Waals surface area contributed by atoms with Crippen molar-refractivity contribution in [2.45, 2.75) is 49.4 Å². The minimum atomic E-state index is -4.59. The number of aliphatic hydroxyl groups excluding tert-OH is 2. The molecular formula is C39H37F3N2O5. The molecule has 1 heterocycles. The van der Waals surface area contributed by atoms with Gasteiger partial charge in [-0.3, -0.25) is 0 Å². The van der Waals surface area contributed by atoms with Gasteiger partial charge in [0.05, 0.1) is 33.0 Å². The highest BCUT2D eigenvalue weighted by Crippen LogP contribution is 2.52. The van der Waals surface area contributed by atoms with Crippen LogP contribution in [0, 0.1) is 24.2 Å². The molecule has 0 aliphatic carbocycles. The Morgan fingerprint density at radius 1 is 0.755 bits per heavy atom. The van der Waals surface area contributed by atoms with Crippen molar-refractivity contribution in [3.05, 3.63) is 131 Å². The number of rotatable bonds is 11. The summed E-state index contributed by atoms with van der Waals surface area (Å²) in [5, 5.41) is 25.8. The SMILES string of the molecule is C#CCC(C)O.COc1ccc(C(OC[C@@H](O)CC#Cc2ccc(C3(C(F)(F)F)N=N3)cc2)(c2ccccc2)c2ccc(OC)cc2)cc1. The standard InChI is InChI=1S/C34H29F3N2O4.C5H8O/c1-41-30-19-15-26(16-20-30)32(25-8-4-3-5-9-25,27-17-21-31(42-2)22-18-27)43-23-29(40)10-6-7-24-11-13-28(14-12-24)33(38-39-33)34(35,36)37;1-3-4-5(2)6/h3-5,8-9,11-22,29,40H,10,23H2,1-2H3;1,5-6H,4H2,2H3/t29-;/m0./s1. The second-order valence-corrected chi connectivity index (χ2v) is 11.2. The molecule has 0 saturated carbocycles. The molecule has 0 spiro atoms. The van der Waals surface area contributed by atoms with Gasteiger partial charge in [0.2, 0.25) is 0 Å². The summed E-state index contributed by atoms with van der Waals surface area (Å²) in [4.78, 5) is 0. The fourth-order valence-corrected chi connectivity index (χ4v) is 5.02. The molecule has 1 unspecified atom stereocenters. The summed E-state index contributed by atoms with van der Waals surface area (Å²) in [6, 6.07) is 30.4. The fraction of sp³-hybridized carbons (Fsp3) is 0.282. The Balaban J connectivity index is 0.000000827. The van der Waals surface area contributed by atoms with Crippen molar-refractivity contribution >= 4 is 0 Å². The van der Waals surface area contributed by atoms with Gasteiger partial charge in [-0.2, -0.15) is 13.2 Å². The first kappa shape index (κ1) is 36.7. The molecule has 4 aromatic rings. The first-order valence-corrected chi connectivity index (χ1v) is 15.4. The van der Waals surface area contributed by atoms with Gasteiger partial charge in [0.15, 0.2) is 0 Å². The maximum atomic E-state index is 13.3. The van der Waals surface area contributed by atoms with E-state index in [1.54, 1.807) is 21.1 Å². The number of benzene rings is 4. The molecule has 49 heavy (non-hydrogen) atoms. The minimum Gasteiger partial charge on any atom is -0.497 e. The molecular weight excluding hydrogens is 633 g/mol. The van der Waals surface area contributed by atoms with E-state index in [1.807, 2.05) is 78.9 Å². The van der Waals surface area contributed by atoms with Crippen LogP contribution in [0.1, 0.15) is 47.6 Å². The van der Waals surface area contributed by atoms with Gasteiger partial charge in [-0.05, 0) is 60.0 Å². The lowest BCUT2D eigenvalue weighted by atomic mass is 9.80. The van der Waals surface area contributed by atoms with E-state index in [0.29, 0.717) is 23.5 Å². The molecule has 0 bridgehead atoms. The molecule has 2 atom stereocenters. The van der Waals surface area contributed by atoms with Gasteiger partial charge in [-0.1, -0.05) is 78.6 Å². The van der Waals surface area contributed by atoms with Crippen LogP contribution in [0.25, 0.3) is 0 Å². The molecule has 1 aliphatic rings. The maximum absolute atomic E-state index is 13.3. The normalized spacial score (nSPS) is 14.2. The average molecular weight is 671 g/mol. The average Bonchev–Trinajstić information content (AvgIpc) is 3.93. The third kappa shape index (κ3) is 8.87. The number of methoxy groups -OCH3 is 2. The number of hydrogen-bond acceptors (Lipinski definition) is 7. The van der Waals surface area contributed by atoms with Gasteiger partial charge in [-0.25, -0.2) is 0 Å². The lowest BCUT2D eigenvalue weighted by Crippen LogP contribution is -2.35. The van der Waals surface area contributed by atoms with Crippen LogP contribution >= 0.6 is 0 Å². The molecule has 0 saturated heterocycles. The van der Waals surface area contributed by atoms with Gasteiger partial charge in [0.1, 0.15) is 17.1 Å². The lowest BCUT2D eigenvalue weighted by molar-refractivity contribution is -0.166. The van der Waals surface area contributed by atoms with E-state index < -0.39 is 23.5 Å². The van der Waals surface area contributed by atoms with Crippen LogP contribution in [-0.2, 0) is 16.0 Å². The van der Waals surface area contributed by atoms with E-state index in [0.717, 1.165) is 16.7 Å². The summed E-state index contributed by atoms with van der Waals surface area (Å²) in [7, 11) is 3.20. The van der Waals surface area contributed by atoms with Gasteiger partial charge < -0.3 is 24.4 Å². The Labute approximate surface area is 284 Å². The molecule has 1 aliphatic heterocycles. The summed E-state index contributed by atoms with van der Waals surface area (Å²) in [6.45, 7) is 1.61. The quantitative estimate of drug-likeness (QED) is 0.128. The lowest BCUT2D eigenvalue weighted by Gasteiger charge is -2.36. The monoisotopic (exact) mass is 670 g/mol. The van der Waals surface area contributed by atoms with Crippen LogP contribution in [0.2, 0.25) is 0 Å². The second kappa shape index (κ2) is 16.3. The zero-order valence-electron chi connectivity index (χ0n) is 27.3. The minimum absolute atomic E-state index is 0.0579. The number of aliphatic hydroxyl groups is 2. The number of terminal acetylenes is 1. The summed E-state index contributed by atoms with van der Waals surface area (Å²) in [6.07, 6.45) is -0.523. The van der Waals surface area contributed by atoms with Crippen molar-refractivity contribution in [3.8, 4) is 35.7 Å². The Hall–Kier alpha value is -5.13. The van der Waals surface area contributed by atoms with Gasteiger partial charge in [-0.15, -0.1) is 22.6 Å². The smallest absolute Gasteiger partial charge is 0.442 e. The third-order valence-electron chi connectivity index (χ3n) is 7.63. The molecule has 5 rings (SSSR count). The molecule has 4 aromatic carbocycles. The summed E-state index contributed by atoms with van der Waals surface area (Å²) < 4.78 is 57.2. The largest absolute Gasteiger partial charge is 0.497 e. The number of halogens is 3. The number of nitrogens with zero attached hydrogens (tertiary/aromatic N) is 2. The summed E-state index contributed by atoms with van der Waals surface area (Å²) in [5.74, 6) is 9.51. The third-order valence-corrected chi connectivity index (χ3v) is 7.63. The topological polar surface area (TPSA) is 92.9 Å². The van der Waals surface area contributed by atoms with Crippen molar-refractivity contribution < 1.29 is 37.6 Å². The van der Waals surface area contributed by atoms with Crippen molar-refractivity contribution in [3.63, 3.8) is 0 Å². The van der Waals surface area contributed by atoms with E-state index in [2.05, 4.69) is 28.0 Å². The van der Waals surface area contributed by atoms with Crippen molar-refractivity contribution in [2.75, 3.05) is 20.8 Å².